The van der Waals surface area contributed by atoms with E-state index < -0.39 is 12.6 Å². The van der Waals surface area contributed by atoms with Crippen LogP contribution in [-0.4, -0.2) is 34.3 Å². The fourth-order valence-corrected chi connectivity index (χ4v) is 5.91. The molecule has 1 aromatic carbocycles. The normalized spacial score (nSPS) is 14.0. The molecule has 2 N–H and O–H groups in total. The smallest absolute Gasteiger partial charge is 0.341 e. The average molecular weight is 554 g/mol. The van der Waals surface area contributed by atoms with Gasteiger partial charge >= 0.3 is 5.97 Å². The van der Waals surface area contributed by atoms with Crippen molar-refractivity contribution >= 4 is 50.1 Å². The number of carbonyl (C=O) groups is 1. The summed E-state index contributed by atoms with van der Waals surface area (Å²) in [6, 6.07) is 3.55. The predicted octanol–water partition coefficient (Wildman–Crippen LogP) is 4.78. The number of thiophene rings is 1. The number of halogens is 1. The number of hydrogen-bond donors (Lipinski definition) is 2. The molecule has 7 nitrogen and oxygen atoms in total. The van der Waals surface area contributed by atoms with Gasteiger partial charge in [-0.25, -0.2) is 9.78 Å². The summed E-state index contributed by atoms with van der Waals surface area (Å²) in [7, 11) is 0. The van der Waals surface area contributed by atoms with Crippen molar-refractivity contribution in [3.05, 3.63) is 36.5 Å². The van der Waals surface area contributed by atoms with Crippen LogP contribution in [0.2, 0.25) is 0 Å². The van der Waals surface area contributed by atoms with Gasteiger partial charge in [-0.15, -0.1) is 11.3 Å². The third-order valence-electron chi connectivity index (χ3n) is 5.25. The van der Waals surface area contributed by atoms with Crippen LogP contribution >= 0.6 is 33.9 Å². The Morgan fingerprint density at radius 2 is 2.00 bits per heavy atom. The Labute approximate surface area is 196 Å². The standard InChI is InChI=1S/C22H23IN2O5S/c1-2-29-15-10-12(9-14(23)19(15)30-11-17(26)27)20-24-21(28)18-13-7-5-3-4-6-8-16(13)31-22(18)25-20/h9-10H,2-8,11H2,1H3,(H,26,27)(H,24,25,28). The molecular formula is C22H23IN2O5S. The first-order chi connectivity index (χ1) is 15.0. The number of rotatable bonds is 6. The molecule has 0 saturated heterocycles. The zero-order valence-corrected chi connectivity index (χ0v) is 20.1. The lowest BCUT2D eigenvalue weighted by Gasteiger charge is -2.14. The van der Waals surface area contributed by atoms with Crippen molar-refractivity contribution in [3.63, 3.8) is 0 Å². The van der Waals surface area contributed by atoms with Crippen LogP contribution in [-0.2, 0) is 17.6 Å². The van der Waals surface area contributed by atoms with Gasteiger partial charge in [0.05, 0.1) is 15.6 Å². The number of aromatic amines is 1. The number of nitrogens with one attached hydrogen (secondary N) is 1. The number of aryl methyl sites for hydroxylation is 2. The number of hydrogen-bond acceptors (Lipinski definition) is 6. The van der Waals surface area contributed by atoms with E-state index in [1.165, 1.54) is 23.3 Å². The van der Waals surface area contributed by atoms with E-state index in [-0.39, 0.29) is 5.56 Å². The third kappa shape index (κ3) is 4.72. The zero-order valence-electron chi connectivity index (χ0n) is 17.1. The summed E-state index contributed by atoms with van der Waals surface area (Å²) < 4.78 is 11.8. The van der Waals surface area contributed by atoms with Crippen molar-refractivity contribution < 1.29 is 19.4 Å². The molecule has 164 valence electrons. The number of benzene rings is 1. The van der Waals surface area contributed by atoms with Crippen molar-refractivity contribution in [3.8, 4) is 22.9 Å². The van der Waals surface area contributed by atoms with Crippen LogP contribution in [0, 0.1) is 3.57 Å². The lowest BCUT2D eigenvalue weighted by Crippen LogP contribution is -2.12. The maximum atomic E-state index is 13.0. The van der Waals surface area contributed by atoms with Gasteiger partial charge in [0.15, 0.2) is 18.1 Å². The van der Waals surface area contributed by atoms with Crippen LogP contribution in [0.3, 0.4) is 0 Å². The van der Waals surface area contributed by atoms with E-state index in [4.69, 9.17) is 19.6 Å². The van der Waals surface area contributed by atoms with Crippen molar-refractivity contribution in [2.45, 2.75) is 45.4 Å². The van der Waals surface area contributed by atoms with Crippen LogP contribution in [0.15, 0.2) is 16.9 Å². The minimum atomic E-state index is -1.06. The topological polar surface area (TPSA) is 102 Å². The molecule has 2 heterocycles. The third-order valence-corrected chi connectivity index (χ3v) is 7.23. The molecule has 0 unspecified atom stereocenters. The molecule has 31 heavy (non-hydrogen) atoms. The minimum absolute atomic E-state index is 0.114. The number of aliphatic carboxylic acids is 1. The Morgan fingerprint density at radius 1 is 1.23 bits per heavy atom. The molecule has 2 aromatic heterocycles. The van der Waals surface area contributed by atoms with E-state index in [1.54, 1.807) is 17.4 Å². The van der Waals surface area contributed by atoms with Crippen LogP contribution in [0.25, 0.3) is 21.6 Å². The van der Waals surface area contributed by atoms with Crippen molar-refractivity contribution in [1.29, 1.82) is 0 Å². The van der Waals surface area contributed by atoms with Crippen molar-refractivity contribution in [2.75, 3.05) is 13.2 Å². The van der Waals surface area contributed by atoms with Gasteiger partial charge in [0.2, 0.25) is 0 Å². The number of H-pyrrole nitrogens is 1. The highest BCUT2D eigenvalue weighted by Gasteiger charge is 2.20. The number of aromatic nitrogens is 2. The monoisotopic (exact) mass is 554 g/mol. The maximum Gasteiger partial charge on any atom is 0.341 e. The minimum Gasteiger partial charge on any atom is -0.490 e. The summed E-state index contributed by atoms with van der Waals surface area (Å²) in [5.41, 5.74) is 1.74. The van der Waals surface area contributed by atoms with Crippen LogP contribution in [0.1, 0.15) is 43.0 Å². The molecule has 0 radical (unpaired) electrons. The Balaban J connectivity index is 1.79. The van der Waals surface area contributed by atoms with E-state index in [2.05, 4.69) is 27.6 Å². The Hall–Kier alpha value is -2.14. The first kappa shape index (κ1) is 22.1. The maximum absolute atomic E-state index is 13.0. The average Bonchev–Trinajstić information content (AvgIpc) is 3.04. The van der Waals surface area contributed by atoms with E-state index in [1.807, 2.05) is 13.0 Å². The second-order valence-corrected chi connectivity index (χ2v) is 9.66. The van der Waals surface area contributed by atoms with Gasteiger partial charge in [-0.1, -0.05) is 12.8 Å². The molecule has 1 aliphatic carbocycles. The fourth-order valence-electron chi connectivity index (χ4n) is 3.90. The number of carboxylic acid groups (broad SMARTS) is 1. The number of ether oxygens (including phenoxy) is 2. The van der Waals surface area contributed by atoms with Crippen molar-refractivity contribution in [1.82, 2.24) is 9.97 Å². The highest BCUT2D eigenvalue weighted by atomic mass is 127. The molecule has 1 aliphatic rings. The molecule has 0 amide bonds. The molecule has 3 aromatic rings. The van der Waals surface area contributed by atoms with Gasteiger partial charge in [0, 0.05) is 10.4 Å². The first-order valence-electron chi connectivity index (χ1n) is 10.3. The molecule has 0 bridgehead atoms. The van der Waals surface area contributed by atoms with E-state index >= 15 is 0 Å². The molecule has 9 heteroatoms. The molecule has 0 spiro atoms. The van der Waals surface area contributed by atoms with Gasteiger partial charge < -0.3 is 19.6 Å². The molecule has 0 atom stereocenters. The van der Waals surface area contributed by atoms with Crippen LogP contribution in [0.4, 0.5) is 0 Å². The largest absolute Gasteiger partial charge is 0.490 e. The predicted molar refractivity (Wildman–Crippen MR) is 129 cm³/mol. The van der Waals surface area contributed by atoms with Crippen LogP contribution in [0.5, 0.6) is 11.5 Å². The zero-order chi connectivity index (χ0) is 22.0. The summed E-state index contributed by atoms with van der Waals surface area (Å²) in [4.78, 5) is 33.7. The Kier molecular flexibility index (Phi) is 6.80. The van der Waals surface area contributed by atoms with Crippen molar-refractivity contribution in [2.24, 2.45) is 0 Å². The lowest BCUT2D eigenvalue weighted by atomic mass is 9.98. The summed E-state index contributed by atoms with van der Waals surface area (Å²) >= 11 is 3.70. The second kappa shape index (κ2) is 9.56. The molecule has 0 fully saturated rings. The van der Waals surface area contributed by atoms with E-state index in [9.17, 15) is 9.59 Å². The SMILES string of the molecule is CCOc1cc(-c2nc3sc4c(c3c(=O)[nH]2)CCCCCC4)cc(I)c1OCC(=O)O. The molecular weight excluding hydrogens is 531 g/mol. The second-order valence-electron chi connectivity index (χ2n) is 7.41. The number of fused-ring (bicyclic) bond motifs is 3. The van der Waals surface area contributed by atoms with Gasteiger partial charge in [0.25, 0.3) is 5.56 Å². The number of carboxylic acids is 1. The fraction of sp³-hybridized carbons (Fsp3) is 0.409. The van der Waals surface area contributed by atoms with E-state index in [0.717, 1.165) is 35.9 Å². The Bertz CT molecular complexity index is 1190. The van der Waals surface area contributed by atoms with Gasteiger partial charge in [0.1, 0.15) is 10.7 Å². The first-order valence-corrected chi connectivity index (χ1v) is 12.2. The van der Waals surface area contributed by atoms with Gasteiger partial charge in [-0.2, -0.15) is 0 Å². The van der Waals surface area contributed by atoms with Gasteiger partial charge in [-0.3, -0.25) is 4.79 Å². The molecule has 0 saturated carbocycles. The lowest BCUT2D eigenvalue weighted by molar-refractivity contribution is -0.139. The summed E-state index contributed by atoms with van der Waals surface area (Å²) in [6.07, 6.45) is 6.63. The van der Waals surface area contributed by atoms with Gasteiger partial charge in [-0.05, 0) is 72.9 Å². The highest BCUT2D eigenvalue weighted by molar-refractivity contribution is 14.1. The highest BCUT2D eigenvalue weighted by Crippen LogP contribution is 2.38. The summed E-state index contributed by atoms with van der Waals surface area (Å²) in [6.45, 7) is 1.77. The summed E-state index contributed by atoms with van der Waals surface area (Å²) in [5, 5.41) is 9.67. The summed E-state index contributed by atoms with van der Waals surface area (Å²) in [5.74, 6) is 0.199. The quantitative estimate of drug-likeness (QED) is 0.426. The molecule has 0 aliphatic heterocycles. The number of nitrogens with zero attached hydrogens (tertiary/aromatic N) is 1. The Morgan fingerprint density at radius 3 is 2.74 bits per heavy atom. The molecule has 4 rings (SSSR count). The van der Waals surface area contributed by atoms with Crippen LogP contribution < -0.4 is 15.0 Å². The van der Waals surface area contributed by atoms with E-state index in [0.29, 0.717) is 33.1 Å².